The Morgan fingerprint density at radius 1 is 1.00 bits per heavy atom. The van der Waals surface area contributed by atoms with Crippen molar-refractivity contribution < 1.29 is 4.74 Å². The number of hydrogen-bond acceptors (Lipinski definition) is 2. The summed E-state index contributed by atoms with van der Waals surface area (Å²) in [6.45, 7) is 0.347. The summed E-state index contributed by atoms with van der Waals surface area (Å²) < 4.78 is 7.48. The molecule has 0 N–H and O–H groups in total. The molecule has 0 saturated heterocycles. The fourth-order valence-electron chi connectivity index (χ4n) is 2.54. The average Bonchev–Trinajstić information content (AvgIpc) is 2.67. The number of rotatable bonds is 5. The lowest BCUT2D eigenvalue weighted by molar-refractivity contribution is 0.302. The van der Waals surface area contributed by atoms with Crippen LogP contribution in [0.4, 0.5) is 0 Å². The molecule has 3 rings (SSSR count). The summed E-state index contributed by atoms with van der Waals surface area (Å²) in [5.41, 5.74) is 3.11. The van der Waals surface area contributed by atoms with Crippen molar-refractivity contribution in [3.8, 4) is 11.8 Å². The van der Waals surface area contributed by atoms with E-state index in [1.54, 1.807) is 12.1 Å². The first-order valence-corrected chi connectivity index (χ1v) is 10.5. The van der Waals surface area contributed by atoms with E-state index in [1.165, 1.54) is 0 Å². The summed E-state index contributed by atoms with van der Waals surface area (Å²) in [6.07, 6.45) is 1.82. The van der Waals surface area contributed by atoms with Gasteiger partial charge in [0.1, 0.15) is 12.4 Å². The molecule has 0 saturated carbocycles. The Hall–Kier alpha value is -1.77. The van der Waals surface area contributed by atoms with Gasteiger partial charge in [-0.25, -0.2) is 0 Å². The standard InChI is InChI=1S/C22H13Br2Cl2NO/c23-19-10-14(9-17(12-27)15-5-7-18(25)8-6-15)11-20(24)22(19)28-13-16-3-1-2-4-21(16)26/h1-11H,13H2/b17-9-. The minimum Gasteiger partial charge on any atom is -0.486 e. The van der Waals surface area contributed by atoms with Gasteiger partial charge < -0.3 is 4.74 Å². The van der Waals surface area contributed by atoms with Crippen LogP contribution < -0.4 is 4.74 Å². The number of ether oxygens (including phenoxy) is 1. The highest BCUT2D eigenvalue weighted by atomic mass is 79.9. The second-order valence-electron chi connectivity index (χ2n) is 5.87. The highest BCUT2D eigenvalue weighted by molar-refractivity contribution is 9.11. The van der Waals surface area contributed by atoms with Gasteiger partial charge in [-0.1, -0.05) is 53.5 Å². The number of benzene rings is 3. The van der Waals surface area contributed by atoms with Crippen LogP contribution in [0.25, 0.3) is 11.6 Å². The van der Waals surface area contributed by atoms with Crippen molar-refractivity contribution in [2.75, 3.05) is 0 Å². The lowest BCUT2D eigenvalue weighted by Crippen LogP contribution is -1.98. The summed E-state index contributed by atoms with van der Waals surface area (Å²) in [5.74, 6) is 0.669. The first-order chi connectivity index (χ1) is 13.5. The minimum absolute atomic E-state index is 0.347. The summed E-state index contributed by atoms with van der Waals surface area (Å²) >= 11 is 19.2. The van der Waals surface area contributed by atoms with Gasteiger partial charge in [-0.3, -0.25) is 0 Å². The maximum atomic E-state index is 9.53. The van der Waals surface area contributed by atoms with Gasteiger partial charge in [-0.2, -0.15) is 5.26 Å². The molecule has 0 heterocycles. The van der Waals surface area contributed by atoms with Crippen LogP contribution in [0, 0.1) is 11.3 Å². The molecule has 0 aliphatic rings. The van der Waals surface area contributed by atoms with Crippen LogP contribution in [-0.2, 0) is 6.61 Å². The fraction of sp³-hybridized carbons (Fsp3) is 0.0455. The molecule has 3 aromatic rings. The molecule has 0 spiro atoms. The highest BCUT2D eigenvalue weighted by Crippen LogP contribution is 2.36. The van der Waals surface area contributed by atoms with Crippen LogP contribution in [0.5, 0.6) is 5.75 Å². The van der Waals surface area contributed by atoms with Crippen LogP contribution in [0.1, 0.15) is 16.7 Å². The van der Waals surface area contributed by atoms with Crippen LogP contribution in [0.2, 0.25) is 10.0 Å². The maximum Gasteiger partial charge on any atom is 0.148 e. The molecular formula is C22H13Br2Cl2NO. The maximum absolute atomic E-state index is 9.53. The second-order valence-corrected chi connectivity index (χ2v) is 8.42. The van der Waals surface area contributed by atoms with E-state index in [-0.39, 0.29) is 0 Å². The smallest absolute Gasteiger partial charge is 0.148 e. The van der Waals surface area contributed by atoms with E-state index in [2.05, 4.69) is 37.9 Å². The zero-order valence-electron chi connectivity index (χ0n) is 14.4. The summed E-state index contributed by atoms with van der Waals surface area (Å²) in [6, 6.07) is 20.8. The zero-order valence-corrected chi connectivity index (χ0v) is 19.1. The number of allylic oxidation sites excluding steroid dienone is 1. The van der Waals surface area contributed by atoms with Gasteiger partial charge in [0.25, 0.3) is 0 Å². The highest BCUT2D eigenvalue weighted by Gasteiger charge is 2.11. The summed E-state index contributed by atoms with van der Waals surface area (Å²) in [7, 11) is 0. The minimum atomic E-state index is 0.347. The number of nitriles is 1. The third-order valence-electron chi connectivity index (χ3n) is 3.94. The van der Waals surface area contributed by atoms with E-state index in [0.29, 0.717) is 28.0 Å². The molecule has 0 bridgehead atoms. The van der Waals surface area contributed by atoms with Crippen molar-refractivity contribution in [2.24, 2.45) is 0 Å². The van der Waals surface area contributed by atoms with Crippen molar-refractivity contribution >= 4 is 66.7 Å². The molecule has 0 aliphatic heterocycles. The first kappa shape index (κ1) is 21.0. The molecule has 2 nitrogen and oxygen atoms in total. The predicted molar refractivity (Wildman–Crippen MR) is 123 cm³/mol. The van der Waals surface area contributed by atoms with E-state index in [4.69, 9.17) is 27.9 Å². The van der Waals surface area contributed by atoms with Crippen LogP contribution in [0.3, 0.4) is 0 Å². The number of halogens is 4. The normalized spacial score (nSPS) is 11.2. The van der Waals surface area contributed by atoms with Gasteiger partial charge in [-0.05, 0) is 79.4 Å². The topological polar surface area (TPSA) is 33.0 Å². The largest absolute Gasteiger partial charge is 0.486 e. The van der Waals surface area contributed by atoms with Gasteiger partial charge in [0.15, 0.2) is 0 Å². The van der Waals surface area contributed by atoms with Crippen molar-refractivity contribution in [1.29, 1.82) is 5.26 Å². The number of hydrogen-bond donors (Lipinski definition) is 0. The molecule has 0 fully saturated rings. The van der Waals surface area contributed by atoms with Gasteiger partial charge in [0.05, 0.1) is 20.6 Å². The molecule has 0 unspecified atom stereocenters. The molecule has 0 aromatic heterocycles. The van der Waals surface area contributed by atoms with Gasteiger partial charge in [0.2, 0.25) is 0 Å². The van der Waals surface area contributed by atoms with Gasteiger partial charge in [-0.15, -0.1) is 0 Å². The molecule has 0 amide bonds. The van der Waals surface area contributed by atoms with Crippen molar-refractivity contribution in [1.82, 2.24) is 0 Å². The first-order valence-electron chi connectivity index (χ1n) is 8.21. The average molecular weight is 538 g/mol. The Balaban J connectivity index is 1.86. The molecule has 3 aromatic carbocycles. The summed E-state index contributed by atoms with van der Waals surface area (Å²) in [5, 5.41) is 10.8. The molecule has 0 aliphatic carbocycles. The van der Waals surface area contributed by atoms with Gasteiger partial charge >= 0.3 is 0 Å². The van der Waals surface area contributed by atoms with E-state index < -0.39 is 0 Å². The van der Waals surface area contributed by atoms with Gasteiger partial charge in [0, 0.05) is 15.6 Å². The predicted octanol–water partition coefficient (Wildman–Crippen LogP) is 8.16. The Labute approximate surface area is 190 Å². The van der Waals surface area contributed by atoms with Crippen LogP contribution in [0.15, 0.2) is 69.6 Å². The monoisotopic (exact) mass is 535 g/mol. The lowest BCUT2D eigenvalue weighted by Gasteiger charge is -2.12. The van der Waals surface area contributed by atoms with Crippen LogP contribution in [-0.4, -0.2) is 0 Å². The zero-order chi connectivity index (χ0) is 20.1. The van der Waals surface area contributed by atoms with E-state index >= 15 is 0 Å². The molecule has 28 heavy (non-hydrogen) atoms. The Kier molecular flexibility index (Phi) is 7.20. The fourth-order valence-corrected chi connectivity index (χ4v) is 4.31. The SMILES string of the molecule is N#C/C(=C/c1cc(Br)c(OCc2ccccc2Cl)c(Br)c1)c1ccc(Cl)cc1. The quantitative estimate of drug-likeness (QED) is 0.243. The third-order valence-corrected chi connectivity index (χ3v) is 5.74. The third kappa shape index (κ3) is 5.18. The lowest BCUT2D eigenvalue weighted by atomic mass is 10.0. The van der Waals surface area contributed by atoms with Crippen molar-refractivity contribution in [3.05, 3.63) is 96.3 Å². The molecule has 0 atom stereocenters. The van der Waals surface area contributed by atoms with Crippen molar-refractivity contribution in [3.63, 3.8) is 0 Å². The molecular weight excluding hydrogens is 525 g/mol. The number of nitrogens with zero attached hydrogens (tertiary/aromatic N) is 1. The van der Waals surface area contributed by atoms with E-state index in [0.717, 1.165) is 25.6 Å². The van der Waals surface area contributed by atoms with Crippen molar-refractivity contribution in [2.45, 2.75) is 6.61 Å². The molecule has 140 valence electrons. The Morgan fingerprint density at radius 2 is 1.64 bits per heavy atom. The van der Waals surface area contributed by atoms with E-state index in [1.807, 2.05) is 54.6 Å². The van der Waals surface area contributed by atoms with Crippen LogP contribution >= 0.6 is 55.1 Å². The Morgan fingerprint density at radius 3 is 2.25 bits per heavy atom. The second kappa shape index (κ2) is 9.62. The molecule has 6 heteroatoms. The summed E-state index contributed by atoms with van der Waals surface area (Å²) in [4.78, 5) is 0. The van der Waals surface area contributed by atoms with E-state index in [9.17, 15) is 5.26 Å². The Bertz CT molecular complexity index is 1050. The molecule has 0 radical (unpaired) electrons.